The highest BCUT2D eigenvalue weighted by molar-refractivity contribution is 5.81. The Kier molecular flexibility index (Phi) is 7.24. The smallest absolute Gasteiger partial charge is 0.241 e. The zero-order valence-corrected chi connectivity index (χ0v) is 14.7. The number of nitrogens with zero attached hydrogens (tertiary/aromatic N) is 2. The average molecular weight is 317 g/mol. The lowest BCUT2D eigenvalue weighted by atomic mass is 10.1. The maximum absolute atomic E-state index is 12.3. The van der Waals surface area contributed by atoms with Crippen LogP contribution < -0.4 is 10.2 Å². The van der Waals surface area contributed by atoms with Gasteiger partial charge in [-0.2, -0.15) is 0 Å². The molecule has 0 unspecified atom stereocenters. The maximum Gasteiger partial charge on any atom is 0.241 e. The van der Waals surface area contributed by atoms with E-state index >= 15 is 0 Å². The van der Waals surface area contributed by atoms with Crippen LogP contribution in [0.5, 0.6) is 0 Å². The van der Waals surface area contributed by atoms with Gasteiger partial charge in [0.05, 0.1) is 6.54 Å². The number of hydrogen-bond acceptors (Lipinski definition) is 3. The summed E-state index contributed by atoms with van der Waals surface area (Å²) in [6.45, 7) is 8.63. The fraction of sp³-hybridized carbons (Fsp3) is 0.632. The Labute approximate surface area is 140 Å². The Bertz CT molecular complexity index is 460. The summed E-state index contributed by atoms with van der Waals surface area (Å²) in [5.74, 6) is 0.189. The predicted octanol–water partition coefficient (Wildman–Crippen LogP) is 3.74. The van der Waals surface area contributed by atoms with Gasteiger partial charge in [-0.05, 0) is 56.4 Å². The summed E-state index contributed by atoms with van der Waals surface area (Å²) in [4.78, 5) is 16.7. The number of anilines is 2. The highest BCUT2D eigenvalue weighted by atomic mass is 16.2. The maximum atomic E-state index is 12.3. The van der Waals surface area contributed by atoms with Crippen molar-refractivity contribution in [3.63, 3.8) is 0 Å². The molecule has 0 spiro atoms. The van der Waals surface area contributed by atoms with Crippen LogP contribution in [0.3, 0.4) is 0 Å². The Morgan fingerprint density at radius 2 is 1.65 bits per heavy atom. The molecule has 4 nitrogen and oxygen atoms in total. The van der Waals surface area contributed by atoms with Gasteiger partial charge in [-0.3, -0.25) is 4.79 Å². The molecular formula is C19H31N3O. The topological polar surface area (TPSA) is 35.6 Å². The largest absolute Gasteiger partial charge is 0.376 e. The first kappa shape index (κ1) is 17.6. The summed E-state index contributed by atoms with van der Waals surface area (Å²) in [7, 11) is 0. The highest BCUT2D eigenvalue weighted by Crippen LogP contribution is 2.21. The standard InChI is InChI=1S/C19H31N3O/c1-3-12-22(13-4-2)19(23)16-20-17-8-10-18(11-9-17)21-14-6-5-7-15-21/h8-11,20H,3-7,12-16H2,1-2H3. The van der Waals surface area contributed by atoms with Gasteiger partial charge < -0.3 is 15.1 Å². The first-order valence-electron chi connectivity index (χ1n) is 9.11. The summed E-state index contributed by atoms with van der Waals surface area (Å²) in [5.41, 5.74) is 2.31. The van der Waals surface area contributed by atoms with Gasteiger partial charge in [0.25, 0.3) is 0 Å². The first-order chi connectivity index (χ1) is 11.2. The Morgan fingerprint density at radius 3 is 2.22 bits per heavy atom. The molecule has 0 atom stereocenters. The molecule has 1 heterocycles. The molecule has 0 bridgehead atoms. The molecule has 1 aliphatic rings. The van der Waals surface area contributed by atoms with Crippen LogP contribution in [0.2, 0.25) is 0 Å². The van der Waals surface area contributed by atoms with Crippen molar-refractivity contribution in [2.45, 2.75) is 46.0 Å². The van der Waals surface area contributed by atoms with E-state index in [0.717, 1.165) is 44.7 Å². The molecule has 1 aromatic rings. The van der Waals surface area contributed by atoms with E-state index in [-0.39, 0.29) is 5.91 Å². The third-order valence-electron chi connectivity index (χ3n) is 4.37. The van der Waals surface area contributed by atoms with Gasteiger partial charge in [-0.25, -0.2) is 0 Å². The molecule has 1 saturated heterocycles. The molecule has 2 rings (SSSR count). The predicted molar refractivity (Wildman–Crippen MR) is 98.2 cm³/mol. The number of nitrogens with one attached hydrogen (secondary N) is 1. The Morgan fingerprint density at radius 1 is 1.04 bits per heavy atom. The monoisotopic (exact) mass is 317 g/mol. The van der Waals surface area contributed by atoms with E-state index in [0.29, 0.717) is 6.54 Å². The van der Waals surface area contributed by atoms with Gasteiger partial charge in [0.15, 0.2) is 0 Å². The van der Waals surface area contributed by atoms with Crippen LogP contribution in [0.25, 0.3) is 0 Å². The number of carbonyl (C=O) groups excluding carboxylic acids is 1. The quantitative estimate of drug-likeness (QED) is 0.793. The second kappa shape index (κ2) is 9.43. The third-order valence-corrected chi connectivity index (χ3v) is 4.37. The van der Waals surface area contributed by atoms with Crippen molar-refractivity contribution in [1.82, 2.24) is 4.90 Å². The second-order valence-corrected chi connectivity index (χ2v) is 6.33. The fourth-order valence-corrected chi connectivity index (χ4v) is 3.13. The fourth-order valence-electron chi connectivity index (χ4n) is 3.13. The molecule has 4 heteroatoms. The molecule has 0 radical (unpaired) electrons. The van der Waals surface area contributed by atoms with Crippen LogP contribution in [0.4, 0.5) is 11.4 Å². The minimum atomic E-state index is 0.189. The molecule has 1 aromatic carbocycles. The summed E-state index contributed by atoms with van der Waals surface area (Å²) >= 11 is 0. The van der Waals surface area contributed by atoms with Crippen molar-refractivity contribution in [2.75, 3.05) is 42.9 Å². The lowest BCUT2D eigenvalue weighted by molar-refractivity contribution is -0.129. The van der Waals surface area contributed by atoms with Crippen molar-refractivity contribution in [3.05, 3.63) is 24.3 Å². The lowest BCUT2D eigenvalue weighted by Crippen LogP contribution is -2.36. The molecule has 1 fully saturated rings. The van der Waals surface area contributed by atoms with Crippen molar-refractivity contribution in [2.24, 2.45) is 0 Å². The number of benzene rings is 1. The minimum Gasteiger partial charge on any atom is -0.376 e. The highest BCUT2D eigenvalue weighted by Gasteiger charge is 2.12. The first-order valence-corrected chi connectivity index (χ1v) is 9.11. The molecule has 0 aliphatic carbocycles. The molecule has 23 heavy (non-hydrogen) atoms. The SMILES string of the molecule is CCCN(CCC)C(=O)CNc1ccc(N2CCCCC2)cc1. The molecule has 128 valence electrons. The third kappa shape index (κ3) is 5.45. The second-order valence-electron chi connectivity index (χ2n) is 6.33. The van der Waals surface area contributed by atoms with E-state index in [1.807, 2.05) is 4.90 Å². The molecule has 0 aromatic heterocycles. The Balaban J connectivity index is 1.84. The van der Waals surface area contributed by atoms with E-state index in [9.17, 15) is 4.79 Å². The van der Waals surface area contributed by atoms with Gasteiger partial charge in [0, 0.05) is 37.6 Å². The zero-order valence-electron chi connectivity index (χ0n) is 14.7. The number of piperidine rings is 1. The molecule has 1 N–H and O–H groups in total. The zero-order chi connectivity index (χ0) is 16.5. The number of amides is 1. The van der Waals surface area contributed by atoms with E-state index in [4.69, 9.17) is 0 Å². The van der Waals surface area contributed by atoms with Gasteiger partial charge >= 0.3 is 0 Å². The summed E-state index contributed by atoms with van der Waals surface area (Å²) in [5, 5.41) is 3.26. The van der Waals surface area contributed by atoms with Crippen LogP contribution in [-0.4, -0.2) is 43.5 Å². The summed E-state index contributed by atoms with van der Waals surface area (Å²) in [6, 6.07) is 8.49. The molecule has 1 aliphatic heterocycles. The van der Waals surface area contributed by atoms with Crippen molar-refractivity contribution in [3.8, 4) is 0 Å². The van der Waals surface area contributed by atoms with Gasteiger partial charge in [-0.1, -0.05) is 13.8 Å². The van der Waals surface area contributed by atoms with Crippen LogP contribution in [0.15, 0.2) is 24.3 Å². The average Bonchev–Trinajstić information content (AvgIpc) is 2.61. The molecular weight excluding hydrogens is 286 g/mol. The summed E-state index contributed by atoms with van der Waals surface area (Å²) < 4.78 is 0. The van der Waals surface area contributed by atoms with Gasteiger partial charge in [-0.15, -0.1) is 0 Å². The van der Waals surface area contributed by atoms with Crippen molar-refractivity contribution >= 4 is 17.3 Å². The van der Waals surface area contributed by atoms with Crippen molar-refractivity contribution in [1.29, 1.82) is 0 Å². The van der Waals surface area contributed by atoms with E-state index in [2.05, 4.69) is 48.3 Å². The molecule has 1 amide bonds. The normalized spacial score (nSPS) is 14.6. The van der Waals surface area contributed by atoms with Crippen molar-refractivity contribution < 1.29 is 4.79 Å². The van der Waals surface area contributed by atoms with Crippen LogP contribution in [0, 0.1) is 0 Å². The summed E-state index contributed by atoms with van der Waals surface area (Å²) in [6.07, 6.45) is 5.95. The van der Waals surface area contributed by atoms with E-state index in [1.54, 1.807) is 0 Å². The molecule has 0 saturated carbocycles. The van der Waals surface area contributed by atoms with Crippen LogP contribution in [0.1, 0.15) is 46.0 Å². The lowest BCUT2D eigenvalue weighted by Gasteiger charge is -2.29. The van der Waals surface area contributed by atoms with E-state index < -0.39 is 0 Å². The van der Waals surface area contributed by atoms with Crippen LogP contribution in [-0.2, 0) is 4.79 Å². The van der Waals surface area contributed by atoms with E-state index in [1.165, 1.54) is 24.9 Å². The van der Waals surface area contributed by atoms with Gasteiger partial charge in [0.1, 0.15) is 0 Å². The Hall–Kier alpha value is -1.71. The number of rotatable bonds is 8. The number of hydrogen-bond donors (Lipinski definition) is 1. The minimum absolute atomic E-state index is 0.189. The van der Waals surface area contributed by atoms with Crippen LogP contribution >= 0.6 is 0 Å². The number of carbonyl (C=O) groups is 1. The van der Waals surface area contributed by atoms with Gasteiger partial charge in [0.2, 0.25) is 5.91 Å².